The smallest absolute Gasteiger partial charge is 0.306 e. The highest BCUT2D eigenvalue weighted by molar-refractivity contribution is 5.70. The van der Waals surface area contributed by atoms with Gasteiger partial charge < -0.3 is 64.2 Å². The van der Waals surface area contributed by atoms with E-state index in [1.807, 2.05) is 0 Å². The summed E-state index contributed by atoms with van der Waals surface area (Å²) in [5.74, 6) is -0.944. The van der Waals surface area contributed by atoms with E-state index in [0.717, 1.165) is 70.6 Å². The first kappa shape index (κ1) is 59.8. The summed E-state index contributed by atoms with van der Waals surface area (Å²) < 4.78 is 33.5. The fourth-order valence-electron chi connectivity index (χ4n) is 7.83. The number of hydrogen-bond acceptors (Lipinski definition) is 15. The van der Waals surface area contributed by atoms with E-state index in [1.165, 1.54) is 70.6 Å². The molecule has 4 unspecified atom stereocenters. The minimum Gasteiger partial charge on any atom is -0.462 e. The molecule has 66 heavy (non-hydrogen) atoms. The lowest BCUT2D eigenvalue weighted by Crippen LogP contribution is -2.61. The zero-order valence-electron chi connectivity index (χ0n) is 40.4. The number of ether oxygens (including phenoxy) is 6. The monoisotopic (exact) mass is 943 g/mol. The highest BCUT2D eigenvalue weighted by Gasteiger charge is 2.47. The number of carbonyl (C=O) groups is 2. The fraction of sp³-hybridized carbons (Fsp3) is 0.843. The van der Waals surface area contributed by atoms with Crippen molar-refractivity contribution in [3.05, 3.63) is 36.5 Å². The van der Waals surface area contributed by atoms with E-state index >= 15 is 0 Å². The van der Waals surface area contributed by atoms with Crippen molar-refractivity contribution < 1.29 is 73.8 Å². The first-order valence-corrected chi connectivity index (χ1v) is 25.6. The number of esters is 2. The highest BCUT2D eigenvalue weighted by Crippen LogP contribution is 2.26. The maximum Gasteiger partial charge on any atom is 0.306 e. The van der Waals surface area contributed by atoms with Gasteiger partial charge in [-0.25, -0.2) is 0 Å². The summed E-state index contributed by atoms with van der Waals surface area (Å²) in [4.78, 5) is 25.7. The number of allylic oxidation sites excluding steroid dienone is 6. The van der Waals surface area contributed by atoms with Gasteiger partial charge in [0.25, 0.3) is 0 Å². The van der Waals surface area contributed by atoms with Crippen LogP contribution in [0.15, 0.2) is 36.5 Å². The second-order valence-corrected chi connectivity index (χ2v) is 18.0. The van der Waals surface area contributed by atoms with Crippen LogP contribution in [0, 0.1) is 0 Å². The number of rotatable bonds is 39. The molecule has 2 heterocycles. The van der Waals surface area contributed by atoms with Crippen LogP contribution < -0.4 is 0 Å². The second-order valence-electron chi connectivity index (χ2n) is 18.0. The van der Waals surface area contributed by atoms with Gasteiger partial charge in [-0.3, -0.25) is 9.59 Å². The average molecular weight is 943 g/mol. The summed E-state index contributed by atoms with van der Waals surface area (Å²) in [6.07, 6.45) is 23.1. The van der Waals surface area contributed by atoms with E-state index < -0.39 is 92.7 Å². The van der Waals surface area contributed by atoms with Crippen molar-refractivity contribution >= 4 is 11.9 Å². The van der Waals surface area contributed by atoms with Crippen molar-refractivity contribution in [3.8, 4) is 0 Å². The van der Waals surface area contributed by atoms with Crippen molar-refractivity contribution in [2.75, 3.05) is 26.4 Å². The Morgan fingerprint density at radius 3 is 1.47 bits per heavy atom. The zero-order valence-corrected chi connectivity index (χ0v) is 40.4. The molecule has 0 bridgehead atoms. The lowest BCUT2D eigenvalue weighted by atomic mass is 9.98. The summed E-state index contributed by atoms with van der Waals surface area (Å²) in [6, 6.07) is 0. The fourth-order valence-corrected chi connectivity index (χ4v) is 7.83. The largest absolute Gasteiger partial charge is 0.462 e. The molecular formula is C51H90O15. The van der Waals surface area contributed by atoms with Crippen molar-refractivity contribution in [3.63, 3.8) is 0 Å². The van der Waals surface area contributed by atoms with Crippen LogP contribution in [0.5, 0.6) is 0 Å². The number of carbonyl (C=O) groups excluding carboxylic acids is 2. The predicted octanol–water partition coefficient (Wildman–Crippen LogP) is 6.93. The van der Waals surface area contributed by atoms with Gasteiger partial charge >= 0.3 is 11.9 Å². The van der Waals surface area contributed by atoms with Gasteiger partial charge in [0.2, 0.25) is 0 Å². The van der Waals surface area contributed by atoms with Crippen LogP contribution in [-0.2, 0) is 38.0 Å². The van der Waals surface area contributed by atoms with E-state index in [-0.39, 0.29) is 26.1 Å². The van der Waals surface area contributed by atoms with E-state index in [4.69, 9.17) is 28.4 Å². The molecule has 2 rings (SSSR count). The molecule has 7 N–H and O–H groups in total. The summed E-state index contributed by atoms with van der Waals surface area (Å²) in [7, 11) is 0. The molecule has 0 aromatic heterocycles. The maximum atomic E-state index is 13.0. The summed E-state index contributed by atoms with van der Waals surface area (Å²) >= 11 is 0. The van der Waals surface area contributed by atoms with Gasteiger partial charge in [-0.2, -0.15) is 0 Å². The molecule has 0 radical (unpaired) electrons. The maximum absolute atomic E-state index is 13.0. The Morgan fingerprint density at radius 2 is 0.924 bits per heavy atom. The third kappa shape index (κ3) is 26.5. The Bertz CT molecular complexity index is 1290. The number of aliphatic hydroxyl groups excluding tert-OH is 7. The molecule has 0 spiro atoms. The van der Waals surface area contributed by atoms with Gasteiger partial charge in [0.1, 0.15) is 55.4 Å². The molecule has 0 amide bonds. The molecule has 0 aliphatic carbocycles. The molecule has 2 aliphatic heterocycles. The quantitative estimate of drug-likeness (QED) is 0.0143. The van der Waals surface area contributed by atoms with Crippen molar-refractivity contribution in [2.24, 2.45) is 0 Å². The third-order valence-corrected chi connectivity index (χ3v) is 12.1. The van der Waals surface area contributed by atoms with Gasteiger partial charge in [-0.1, -0.05) is 147 Å². The van der Waals surface area contributed by atoms with Gasteiger partial charge in [-0.05, 0) is 57.8 Å². The zero-order chi connectivity index (χ0) is 48.2. The van der Waals surface area contributed by atoms with Crippen LogP contribution in [-0.4, -0.2) is 142 Å². The highest BCUT2D eigenvalue weighted by atomic mass is 16.7. The average Bonchev–Trinajstić information content (AvgIpc) is 3.31. The standard InChI is InChI=1S/C51H90O15/c1-3-5-7-9-11-13-15-17-19-21-23-25-27-29-31-33-42(53)61-36-39(64-43(54)34-32-30-28-26-24-22-20-18-16-14-12-10-8-6-4-2)37-62-50-49(60)47(58)45(56)41(66-50)38-63-51-48(59)46(57)44(55)40(35-52)65-51/h10,12-13,15,17,19,39-41,44-52,55-60H,3-9,11,14,16,18,20-38H2,1-2H3/b12-10+,15-13+,19-17+/t39-,40-,41-,44+,45+,46?,47?,48?,49?,50-,51-/m1/s1. The normalized spacial score (nSPS) is 26.4. The molecule has 11 atom stereocenters. The molecule has 15 nitrogen and oxygen atoms in total. The molecule has 2 aliphatic rings. The van der Waals surface area contributed by atoms with Gasteiger partial charge in [-0.15, -0.1) is 0 Å². The summed E-state index contributed by atoms with van der Waals surface area (Å²) in [5.41, 5.74) is 0. The molecule has 15 heteroatoms. The first-order chi connectivity index (χ1) is 32.0. The lowest BCUT2D eigenvalue weighted by molar-refractivity contribution is -0.332. The minimum absolute atomic E-state index is 0.159. The third-order valence-electron chi connectivity index (χ3n) is 12.1. The van der Waals surface area contributed by atoms with E-state index in [0.29, 0.717) is 12.8 Å². The Balaban J connectivity index is 1.82. The molecule has 0 aromatic carbocycles. The Morgan fingerprint density at radius 1 is 0.485 bits per heavy atom. The van der Waals surface area contributed by atoms with Crippen LogP contribution in [0.4, 0.5) is 0 Å². The molecule has 384 valence electrons. The minimum atomic E-state index is -1.77. The predicted molar refractivity (Wildman–Crippen MR) is 252 cm³/mol. The Kier molecular flexibility index (Phi) is 35.0. The summed E-state index contributed by atoms with van der Waals surface area (Å²) in [6.45, 7) is 2.52. The van der Waals surface area contributed by atoms with E-state index in [9.17, 15) is 45.3 Å². The van der Waals surface area contributed by atoms with Gasteiger partial charge in [0.15, 0.2) is 18.7 Å². The SMILES string of the molecule is CCCC/C=C/CCCCCCCCCCCC(=O)O[C@H](COC(=O)CCCCCCC/C=C/C=C/CCCCCC)CO[C@@H]1O[C@H](CO[C@@H]2O[C@H](CO)[C@H](O)C(O)C2O)[C@H](O)C(O)C1O. The Hall–Kier alpha value is -2.28. The second kappa shape index (κ2) is 38.6. The summed E-state index contributed by atoms with van der Waals surface area (Å²) in [5, 5.41) is 72.0. The topological polar surface area (TPSA) is 231 Å². The van der Waals surface area contributed by atoms with Crippen molar-refractivity contribution in [2.45, 2.75) is 248 Å². The van der Waals surface area contributed by atoms with Crippen molar-refractivity contribution in [1.29, 1.82) is 0 Å². The van der Waals surface area contributed by atoms with E-state index in [2.05, 4.69) is 50.3 Å². The molecule has 0 saturated carbocycles. The first-order valence-electron chi connectivity index (χ1n) is 25.6. The molecule has 2 fully saturated rings. The number of aliphatic hydroxyl groups is 7. The van der Waals surface area contributed by atoms with Crippen LogP contribution in [0.1, 0.15) is 181 Å². The number of hydrogen-bond donors (Lipinski definition) is 7. The van der Waals surface area contributed by atoms with Crippen LogP contribution in [0.3, 0.4) is 0 Å². The molecule has 2 saturated heterocycles. The number of unbranched alkanes of at least 4 members (excludes halogenated alkanes) is 20. The lowest BCUT2D eigenvalue weighted by Gasteiger charge is -2.42. The van der Waals surface area contributed by atoms with Crippen LogP contribution >= 0.6 is 0 Å². The van der Waals surface area contributed by atoms with Gasteiger partial charge in [0.05, 0.1) is 19.8 Å². The van der Waals surface area contributed by atoms with Crippen LogP contribution in [0.25, 0.3) is 0 Å². The van der Waals surface area contributed by atoms with Crippen LogP contribution in [0.2, 0.25) is 0 Å². The van der Waals surface area contributed by atoms with Crippen molar-refractivity contribution in [1.82, 2.24) is 0 Å². The molecular weight excluding hydrogens is 853 g/mol. The molecule has 0 aromatic rings. The Labute approximate surface area is 395 Å². The van der Waals surface area contributed by atoms with Gasteiger partial charge in [0, 0.05) is 12.8 Å². The van der Waals surface area contributed by atoms with E-state index in [1.54, 1.807) is 0 Å².